The minimum absolute atomic E-state index is 0.116. The van der Waals surface area contributed by atoms with Crippen molar-refractivity contribution in [2.75, 3.05) is 0 Å². The van der Waals surface area contributed by atoms with E-state index in [0.29, 0.717) is 23.5 Å². The third kappa shape index (κ3) is 2.90. The van der Waals surface area contributed by atoms with Gasteiger partial charge in [0.05, 0.1) is 13.0 Å². The number of nitrogens with zero attached hydrogens (tertiary/aromatic N) is 2. The van der Waals surface area contributed by atoms with Crippen molar-refractivity contribution in [1.82, 2.24) is 9.55 Å². The first-order chi connectivity index (χ1) is 8.99. The van der Waals surface area contributed by atoms with Crippen molar-refractivity contribution in [3.8, 4) is 0 Å². The molecule has 0 fully saturated rings. The van der Waals surface area contributed by atoms with Crippen LogP contribution in [0.1, 0.15) is 21.8 Å². The first kappa shape index (κ1) is 13.5. The molecule has 2 rings (SSSR count). The molecule has 100 valence electrons. The maximum absolute atomic E-state index is 11.9. The van der Waals surface area contributed by atoms with E-state index >= 15 is 0 Å². The van der Waals surface area contributed by atoms with Crippen molar-refractivity contribution >= 4 is 17.3 Å². The van der Waals surface area contributed by atoms with Crippen LogP contribution in [0.2, 0.25) is 0 Å². The Hall–Kier alpha value is -1.95. The third-order valence-electron chi connectivity index (χ3n) is 2.99. The van der Waals surface area contributed by atoms with E-state index in [1.807, 2.05) is 17.5 Å². The molecule has 0 aliphatic carbocycles. The second-order valence-corrected chi connectivity index (χ2v) is 5.31. The molecule has 2 heterocycles. The zero-order valence-electron chi connectivity index (χ0n) is 10.7. The Morgan fingerprint density at radius 3 is 2.79 bits per heavy atom. The van der Waals surface area contributed by atoms with Crippen molar-refractivity contribution in [1.29, 1.82) is 0 Å². The number of aliphatic carboxylic acids is 1. The number of thiophene rings is 1. The molecule has 19 heavy (non-hydrogen) atoms. The van der Waals surface area contributed by atoms with E-state index < -0.39 is 5.97 Å². The van der Waals surface area contributed by atoms with Crippen LogP contribution in [0.4, 0.5) is 0 Å². The van der Waals surface area contributed by atoms with Gasteiger partial charge in [0.1, 0.15) is 0 Å². The fraction of sp³-hybridized carbons (Fsp3) is 0.308. The van der Waals surface area contributed by atoms with Gasteiger partial charge in [-0.3, -0.25) is 9.36 Å². The summed E-state index contributed by atoms with van der Waals surface area (Å²) in [5, 5.41) is 10.9. The van der Waals surface area contributed by atoms with Crippen LogP contribution in [-0.4, -0.2) is 20.6 Å². The van der Waals surface area contributed by atoms with Crippen LogP contribution in [-0.2, 0) is 17.8 Å². The number of carbonyl (C=O) groups is 1. The van der Waals surface area contributed by atoms with Crippen LogP contribution in [0, 0.1) is 13.8 Å². The molecule has 0 atom stereocenters. The van der Waals surface area contributed by atoms with E-state index in [2.05, 4.69) is 4.98 Å². The molecule has 2 aromatic rings. The van der Waals surface area contributed by atoms with E-state index in [9.17, 15) is 9.59 Å². The molecule has 1 N–H and O–H groups in total. The van der Waals surface area contributed by atoms with Gasteiger partial charge in [-0.05, 0) is 25.3 Å². The molecule has 2 aromatic heterocycles. The maximum atomic E-state index is 11.9. The summed E-state index contributed by atoms with van der Waals surface area (Å²) in [6.07, 6.45) is -0.116. The highest BCUT2D eigenvalue weighted by molar-refractivity contribution is 7.09. The normalized spacial score (nSPS) is 10.6. The van der Waals surface area contributed by atoms with E-state index in [1.54, 1.807) is 25.2 Å². The van der Waals surface area contributed by atoms with Crippen LogP contribution < -0.4 is 5.69 Å². The summed E-state index contributed by atoms with van der Waals surface area (Å²) in [6.45, 7) is 3.87. The van der Waals surface area contributed by atoms with Gasteiger partial charge in [-0.2, -0.15) is 4.98 Å². The van der Waals surface area contributed by atoms with E-state index in [-0.39, 0.29) is 12.1 Å². The molecule has 0 spiro atoms. The topological polar surface area (TPSA) is 72.2 Å². The number of rotatable bonds is 4. The van der Waals surface area contributed by atoms with Crippen molar-refractivity contribution in [2.45, 2.75) is 26.8 Å². The Labute approximate surface area is 114 Å². The SMILES string of the molecule is Cc1nc(=O)n(Cc2cccs2)c(C)c1CC(=O)O. The van der Waals surface area contributed by atoms with E-state index in [1.165, 1.54) is 4.57 Å². The summed E-state index contributed by atoms with van der Waals surface area (Å²) in [5.41, 5.74) is 1.45. The van der Waals surface area contributed by atoms with Gasteiger partial charge in [-0.25, -0.2) is 4.79 Å². The Kier molecular flexibility index (Phi) is 3.80. The second kappa shape index (κ2) is 5.36. The zero-order valence-corrected chi connectivity index (χ0v) is 11.5. The van der Waals surface area contributed by atoms with Crippen LogP contribution in [0.5, 0.6) is 0 Å². The van der Waals surface area contributed by atoms with Gasteiger partial charge in [-0.15, -0.1) is 11.3 Å². The quantitative estimate of drug-likeness (QED) is 0.922. The summed E-state index contributed by atoms with van der Waals surface area (Å²) >= 11 is 1.56. The van der Waals surface area contributed by atoms with Crippen LogP contribution in [0.25, 0.3) is 0 Å². The number of carboxylic acids is 1. The minimum atomic E-state index is -0.922. The molecule has 0 aliphatic rings. The van der Waals surface area contributed by atoms with Crippen LogP contribution >= 0.6 is 11.3 Å². The number of hydrogen-bond acceptors (Lipinski definition) is 4. The first-order valence-corrected chi connectivity index (χ1v) is 6.68. The predicted octanol–water partition coefficient (Wildman–Crippen LogP) is 1.60. The van der Waals surface area contributed by atoms with Gasteiger partial charge in [0.25, 0.3) is 0 Å². The summed E-state index contributed by atoms with van der Waals surface area (Å²) in [7, 11) is 0. The van der Waals surface area contributed by atoms with E-state index in [4.69, 9.17) is 5.11 Å². The Morgan fingerprint density at radius 2 is 2.21 bits per heavy atom. The Balaban J connectivity index is 2.48. The summed E-state index contributed by atoms with van der Waals surface area (Å²) in [6, 6.07) is 3.85. The molecular weight excluding hydrogens is 264 g/mol. The second-order valence-electron chi connectivity index (χ2n) is 4.28. The molecule has 0 saturated heterocycles. The van der Waals surface area contributed by atoms with Crippen molar-refractivity contribution in [3.63, 3.8) is 0 Å². The van der Waals surface area contributed by atoms with Gasteiger partial charge >= 0.3 is 11.7 Å². The average Bonchev–Trinajstić information content (AvgIpc) is 2.82. The summed E-state index contributed by atoms with van der Waals surface area (Å²) in [5.74, 6) is -0.922. The first-order valence-electron chi connectivity index (χ1n) is 5.80. The minimum Gasteiger partial charge on any atom is -0.481 e. The molecule has 0 radical (unpaired) electrons. The fourth-order valence-corrected chi connectivity index (χ4v) is 2.68. The van der Waals surface area contributed by atoms with Gasteiger partial charge < -0.3 is 5.11 Å². The zero-order chi connectivity index (χ0) is 14.0. The molecule has 0 bridgehead atoms. The van der Waals surface area contributed by atoms with Gasteiger partial charge in [-0.1, -0.05) is 6.07 Å². The number of aryl methyl sites for hydroxylation is 1. The lowest BCUT2D eigenvalue weighted by Crippen LogP contribution is -2.28. The van der Waals surface area contributed by atoms with Crippen LogP contribution in [0.3, 0.4) is 0 Å². The lowest BCUT2D eigenvalue weighted by Gasteiger charge is -2.13. The number of carboxylic acid groups (broad SMARTS) is 1. The van der Waals surface area contributed by atoms with Crippen molar-refractivity contribution in [2.24, 2.45) is 0 Å². The number of hydrogen-bond donors (Lipinski definition) is 1. The Morgan fingerprint density at radius 1 is 1.47 bits per heavy atom. The summed E-state index contributed by atoms with van der Waals surface area (Å²) < 4.78 is 1.52. The highest BCUT2D eigenvalue weighted by atomic mass is 32.1. The Bertz CT molecular complexity index is 659. The molecule has 5 nitrogen and oxygen atoms in total. The summed E-state index contributed by atoms with van der Waals surface area (Å²) in [4.78, 5) is 27.8. The van der Waals surface area contributed by atoms with E-state index in [0.717, 1.165) is 4.88 Å². The lowest BCUT2D eigenvalue weighted by atomic mass is 10.1. The highest BCUT2D eigenvalue weighted by Crippen LogP contribution is 2.14. The van der Waals surface area contributed by atoms with Gasteiger partial charge in [0.15, 0.2) is 0 Å². The highest BCUT2D eigenvalue weighted by Gasteiger charge is 2.14. The van der Waals surface area contributed by atoms with Crippen molar-refractivity contribution < 1.29 is 9.90 Å². The van der Waals surface area contributed by atoms with Crippen LogP contribution in [0.15, 0.2) is 22.3 Å². The monoisotopic (exact) mass is 278 g/mol. The van der Waals surface area contributed by atoms with Crippen molar-refractivity contribution in [3.05, 3.63) is 49.8 Å². The molecule has 6 heteroatoms. The largest absolute Gasteiger partial charge is 0.481 e. The maximum Gasteiger partial charge on any atom is 0.348 e. The number of aromatic nitrogens is 2. The smallest absolute Gasteiger partial charge is 0.348 e. The molecule has 0 amide bonds. The molecule has 0 saturated carbocycles. The van der Waals surface area contributed by atoms with Gasteiger partial charge in [0.2, 0.25) is 0 Å². The third-order valence-corrected chi connectivity index (χ3v) is 3.86. The average molecular weight is 278 g/mol. The lowest BCUT2D eigenvalue weighted by molar-refractivity contribution is -0.136. The molecule has 0 unspecified atom stereocenters. The fourth-order valence-electron chi connectivity index (χ4n) is 1.99. The standard InChI is InChI=1S/C13H14N2O3S/c1-8-11(6-12(16)17)9(2)15(13(18)14-8)7-10-4-3-5-19-10/h3-5H,6-7H2,1-2H3,(H,16,17). The molecular formula is C13H14N2O3S. The predicted molar refractivity (Wildman–Crippen MR) is 72.7 cm³/mol. The molecule has 0 aromatic carbocycles. The van der Waals surface area contributed by atoms with Gasteiger partial charge in [0, 0.05) is 21.8 Å². The molecule has 0 aliphatic heterocycles.